The summed E-state index contributed by atoms with van der Waals surface area (Å²) < 4.78 is 250. The molecule has 145 heavy (non-hydrogen) atoms. The maximum atomic E-state index is 15.3. The van der Waals surface area contributed by atoms with Gasteiger partial charge in [0, 0.05) is 47.8 Å². The van der Waals surface area contributed by atoms with Crippen molar-refractivity contribution in [2.24, 2.45) is 0 Å². The molecule has 3 aromatic carbocycles. The van der Waals surface area contributed by atoms with Crippen molar-refractivity contribution in [3.8, 4) is 69.0 Å². The van der Waals surface area contributed by atoms with Gasteiger partial charge in [0.1, 0.15) is 36.8 Å². The number of nitrogens with zero attached hydrogens (tertiary/aromatic N) is 11. The zero-order valence-electron chi connectivity index (χ0n) is 92.5. The Morgan fingerprint density at radius 2 is 0.717 bits per heavy atom. The average Bonchev–Trinajstić information content (AvgIpc) is 0.735. The summed E-state index contributed by atoms with van der Waals surface area (Å²) in [6.07, 6.45) is 2.72. The van der Waals surface area contributed by atoms with Crippen molar-refractivity contribution in [1.82, 2.24) is 44.9 Å². The fourth-order valence-corrected chi connectivity index (χ4v) is 17.4. The van der Waals surface area contributed by atoms with E-state index >= 15 is 8.78 Å². The number of benzene rings is 3. The number of ether oxygens (including phenoxy) is 12. The highest BCUT2D eigenvalue weighted by molar-refractivity contribution is 7.49. The Morgan fingerprint density at radius 1 is 0.407 bits per heavy atom. The lowest BCUT2D eigenvalue weighted by Crippen LogP contribution is -2.53. The van der Waals surface area contributed by atoms with Gasteiger partial charge < -0.3 is 94.1 Å². The molecule has 7 N–H and O–H groups in total. The van der Waals surface area contributed by atoms with Crippen molar-refractivity contribution in [3.63, 3.8) is 0 Å². The number of aromatic nitrogens is 9. The van der Waals surface area contributed by atoms with Gasteiger partial charge in [-0.1, -0.05) is 11.6 Å². The van der Waals surface area contributed by atoms with Gasteiger partial charge in [-0.25, -0.2) is 56.8 Å². The lowest BCUT2D eigenvalue weighted by atomic mass is 10.1. The molecular formula is C93H127ClF3N18O27P3. The van der Waals surface area contributed by atoms with Crippen LogP contribution in [0.1, 0.15) is 174 Å². The zero-order chi connectivity index (χ0) is 113. The molecule has 9 aromatic rings. The largest absolute Gasteiger partial charge is 0.493 e. The third-order valence-electron chi connectivity index (χ3n) is 18.0. The Balaban J connectivity index is 0.000000236. The molecule has 6 aromatic heterocycles. The van der Waals surface area contributed by atoms with E-state index in [1.165, 1.54) is 114 Å². The number of carbonyl (C=O) groups excluding carboxylic acids is 3. The number of hydrogen-bond donors (Lipinski definition) is 7. The summed E-state index contributed by atoms with van der Waals surface area (Å²) in [5.41, 5.74) is -8.90. The second-order valence-corrected chi connectivity index (χ2v) is 42.9. The summed E-state index contributed by atoms with van der Waals surface area (Å²) in [6, 6.07) is 15.6. The van der Waals surface area contributed by atoms with Gasteiger partial charge in [0.2, 0.25) is 35.1 Å². The van der Waals surface area contributed by atoms with Crippen LogP contribution in [-0.4, -0.2) is 196 Å². The molecule has 0 bridgehead atoms. The number of pyridine rings is 3. The molecule has 0 aliphatic carbocycles. The number of hydrogen-bond acceptors (Lipinski definition) is 42. The average molecular weight is 2120 g/mol. The summed E-state index contributed by atoms with van der Waals surface area (Å²) in [6.45, 7) is 32.0. The molecular weight excluding hydrogens is 1990 g/mol. The topological polar surface area (TPSA) is 503 Å². The number of alkyl halides is 1. The van der Waals surface area contributed by atoms with Crippen LogP contribution in [0.15, 0.2) is 91.4 Å². The molecule has 0 saturated carbocycles. The van der Waals surface area contributed by atoms with E-state index < -0.39 is 134 Å². The lowest BCUT2D eigenvalue weighted by Gasteiger charge is -2.38. The number of rotatable bonds is 35. The predicted molar refractivity (Wildman–Crippen MR) is 536 cm³/mol. The molecule has 3 amide bonds. The number of nitrogens with one attached hydrogen (secondary N) is 7. The Morgan fingerprint density at radius 3 is 1.06 bits per heavy atom. The maximum absolute atomic E-state index is 15.3. The van der Waals surface area contributed by atoms with Gasteiger partial charge in [-0.05, 0) is 203 Å². The van der Waals surface area contributed by atoms with Crippen LogP contribution in [0.3, 0.4) is 0 Å². The molecule has 9 heterocycles. The monoisotopic (exact) mass is 2120 g/mol. The highest BCUT2D eigenvalue weighted by Gasteiger charge is 2.47. The fourth-order valence-electron chi connectivity index (χ4n) is 12.4. The van der Waals surface area contributed by atoms with Gasteiger partial charge in [-0.3, -0.25) is 64.9 Å². The minimum atomic E-state index is -4.74. The van der Waals surface area contributed by atoms with Crippen molar-refractivity contribution in [2.75, 3.05) is 130 Å². The Hall–Kier alpha value is -12.4. The van der Waals surface area contributed by atoms with E-state index in [2.05, 4.69) is 86.6 Å². The van der Waals surface area contributed by atoms with Crippen LogP contribution in [0.4, 0.5) is 100 Å². The molecule has 52 heteroatoms. The first-order valence-electron chi connectivity index (χ1n) is 46.9. The highest BCUT2D eigenvalue weighted by Crippen LogP contribution is 2.59. The number of anilines is 15. The summed E-state index contributed by atoms with van der Waals surface area (Å²) in [5, 5.41) is 19.5. The van der Waals surface area contributed by atoms with Crippen LogP contribution in [-0.2, 0) is 68.8 Å². The van der Waals surface area contributed by atoms with E-state index in [1.807, 2.05) is 0 Å². The first kappa shape index (κ1) is 107. The molecule has 3 aliphatic rings. The molecule has 0 saturated heterocycles. The van der Waals surface area contributed by atoms with Crippen molar-refractivity contribution >= 4 is 140 Å². The first-order chi connectivity index (χ1) is 69.3. The molecule has 0 fully saturated rings. The van der Waals surface area contributed by atoms with Gasteiger partial charge in [0.25, 0.3) is 17.7 Å². The van der Waals surface area contributed by atoms with Crippen LogP contribution >= 0.6 is 35.1 Å². The molecule has 0 unspecified atom stereocenters. The summed E-state index contributed by atoms with van der Waals surface area (Å²) in [5.74, 6) is -1.91. The smallest absolute Gasteiger partial charge is 0.477 e. The number of phosphoric acid groups is 3. The Kier molecular flexibility index (Phi) is 34.3. The molecule has 45 nitrogen and oxygen atoms in total. The Bertz CT molecular complexity index is 6440. The lowest BCUT2D eigenvalue weighted by molar-refractivity contribution is -0.133. The van der Waals surface area contributed by atoms with Crippen LogP contribution in [0, 0.1) is 17.5 Å². The second-order valence-electron chi connectivity index (χ2n) is 38.4. The summed E-state index contributed by atoms with van der Waals surface area (Å²) in [7, 11) is -0.554. The van der Waals surface area contributed by atoms with E-state index in [9.17, 15) is 32.5 Å². The standard InChI is InChI=1S/2C31H42FN6O9P.C22H23FN6O5.C9H20ClO4P/c1-29(2,3)46-48(40,47-30(4,5)6)44-17-38(18-14-21(41-9)24(43-11)22(15-18)42-10)28-33-16-19(32)25(37-28)34-23-13-12-20-26(35-23)36-27(39)31(7,8)45-20;1-29(2,3)46-48(40,47-30(4,5)6)44-17-38-26-20(45-31(7,8)27(38)39)12-13-23(36-26)35-25-19(32)16-33-28(37-25)34-18-14-21(41-9)24(43-11)22(15-18)42-10;1-22(2)20(30)28-19-13(34-22)6-7-16(27-19)26-18-12(23)10-24-21(29-18)25-11-8-14(31-3)17(33-5)15(9-11)32-4;1-8(2,3)13-15(11,12-7-10)14-9(4,5)6/h12-16H,17H2,1-11H3,(H2,33,34,35,36,37,39);12-16H,17H2,1-11H3,(H2,33,34,35,36,37);6-10H,1-5H3,(H3,24,25,26,27,28,29,30);7H2,1-6H3/i2*17D2;;7D2. The van der Waals surface area contributed by atoms with E-state index in [-0.39, 0.29) is 93.0 Å². The second kappa shape index (κ2) is 46.5. The fraction of sp³-hybridized carbons (Fsp3) is 0.484. The molecule has 3 aliphatic heterocycles. The molecule has 0 radical (unpaired) electrons. The van der Waals surface area contributed by atoms with Crippen molar-refractivity contribution < 1.29 is 147 Å². The van der Waals surface area contributed by atoms with Gasteiger partial charge in [-0.15, -0.1) is 0 Å². The normalized spacial score (nSPS) is 15.2. The van der Waals surface area contributed by atoms with Crippen molar-refractivity contribution in [1.29, 1.82) is 0 Å². The zero-order valence-corrected chi connectivity index (χ0v) is 89.9. The van der Waals surface area contributed by atoms with Gasteiger partial charge in [0.15, 0.2) is 121 Å². The molecule has 794 valence electrons. The van der Waals surface area contributed by atoms with Crippen LogP contribution in [0.2, 0.25) is 0 Å². The first-order valence-corrected chi connectivity index (χ1v) is 48.7. The third-order valence-corrected chi connectivity index (χ3v) is 23.7. The SMILES string of the molecule is COc1cc(Nc2ncc(F)c(Nc3ccc4c(n3)NC(=O)C(C)(C)O4)n2)cc(OC)c1OC.[2H]C([2H])(Cl)OP(=O)(OC(C)(C)C)OC(C)(C)C.[2H]C([2H])(OP(=O)(OC(C)(C)C)OC(C)(C)C)N(c1cc(OC)c(OC)c(OC)c1)c1ncc(F)c(Nc2ccc3c(n2)NC(=O)C(C)(C)O3)n1.[2H]C([2H])(OP(=O)(OC(C)(C)C)OC(C)(C)C)N1C(=O)C(C)(C)Oc2ccc(Nc3nc(Nc4cc(OC)c(OC)c(OC)c4)ncc3F)nc21. The number of carbonyl (C=O) groups is 3. The number of methoxy groups -OCH3 is 9. The third kappa shape index (κ3) is 32.5. The molecule has 12 rings (SSSR count). The van der Waals surface area contributed by atoms with Crippen molar-refractivity contribution in [3.05, 3.63) is 109 Å². The summed E-state index contributed by atoms with van der Waals surface area (Å²) >= 11 is 5.25. The van der Waals surface area contributed by atoms with Gasteiger partial charge >= 0.3 is 23.5 Å². The molecule has 0 atom stereocenters. The Labute approximate surface area is 852 Å². The quantitative estimate of drug-likeness (QED) is 0.0110. The highest BCUT2D eigenvalue weighted by atomic mass is 35.5. The maximum Gasteiger partial charge on any atom is 0.477 e. The predicted octanol–water partition coefficient (Wildman–Crippen LogP) is 21.1. The number of amides is 3. The number of halogens is 4. The van der Waals surface area contributed by atoms with Gasteiger partial charge in [-0.2, -0.15) is 15.0 Å². The summed E-state index contributed by atoms with van der Waals surface area (Å²) in [4.78, 5) is 77.3. The minimum Gasteiger partial charge on any atom is -0.493 e. The number of phosphoric ester groups is 3. The van der Waals surface area contributed by atoms with Crippen molar-refractivity contribution in [2.45, 2.75) is 217 Å². The van der Waals surface area contributed by atoms with Crippen LogP contribution in [0.5, 0.6) is 69.0 Å². The van der Waals surface area contributed by atoms with E-state index in [1.54, 1.807) is 189 Å². The van der Waals surface area contributed by atoms with Gasteiger partial charge in [0.05, 0.1) is 130 Å². The van der Waals surface area contributed by atoms with E-state index in [0.717, 1.165) is 23.5 Å². The number of fused-ring (bicyclic) bond motifs is 3. The van der Waals surface area contributed by atoms with E-state index in [4.69, 9.17) is 113 Å². The van der Waals surface area contributed by atoms with Crippen LogP contribution < -0.4 is 104 Å². The van der Waals surface area contributed by atoms with Crippen LogP contribution in [0.25, 0.3) is 0 Å². The van der Waals surface area contributed by atoms with E-state index in [0.29, 0.717) is 62.3 Å². The minimum absolute atomic E-state index is 0.0242. The molecule has 0 spiro atoms.